The number of carbonyl (C=O) groups is 2. The van der Waals surface area contributed by atoms with Gasteiger partial charge in [-0.3, -0.25) is 4.79 Å². The van der Waals surface area contributed by atoms with Gasteiger partial charge in [0.1, 0.15) is 5.58 Å². The van der Waals surface area contributed by atoms with Crippen LogP contribution in [0.2, 0.25) is 0 Å². The van der Waals surface area contributed by atoms with E-state index in [9.17, 15) is 14.7 Å². The van der Waals surface area contributed by atoms with Crippen molar-refractivity contribution in [1.82, 2.24) is 9.99 Å². The Hall–Kier alpha value is -4.65. The summed E-state index contributed by atoms with van der Waals surface area (Å²) < 4.78 is 7.68. The van der Waals surface area contributed by atoms with Crippen molar-refractivity contribution in [1.29, 1.82) is 0 Å². The lowest BCUT2D eigenvalue weighted by Gasteiger charge is -2.10. The molecular weight excluding hydrogens is 430 g/mol. The number of benzene rings is 3. The Morgan fingerprint density at radius 3 is 2.62 bits per heavy atom. The smallest absolute Gasteiger partial charge is 0.335 e. The fourth-order valence-corrected chi connectivity index (χ4v) is 4.21. The first-order chi connectivity index (χ1) is 16.4. The van der Waals surface area contributed by atoms with Crippen LogP contribution in [0.3, 0.4) is 0 Å². The number of amides is 1. The van der Waals surface area contributed by atoms with Crippen LogP contribution in [-0.2, 0) is 0 Å². The minimum Gasteiger partial charge on any atom is -0.478 e. The maximum absolute atomic E-state index is 12.6. The third-order valence-electron chi connectivity index (χ3n) is 5.84. The number of rotatable bonds is 5. The molecular formula is C27H21N3O4. The van der Waals surface area contributed by atoms with Gasteiger partial charge >= 0.3 is 11.9 Å². The van der Waals surface area contributed by atoms with Crippen LogP contribution in [0, 0.1) is 13.8 Å². The number of carbonyl (C=O) groups excluding carboxylic acids is 1. The number of hydrogen-bond donors (Lipinski definition) is 2. The van der Waals surface area contributed by atoms with E-state index in [1.807, 2.05) is 66.9 Å². The molecule has 1 amide bonds. The van der Waals surface area contributed by atoms with Gasteiger partial charge in [-0.15, -0.1) is 0 Å². The van der Waals surface area contributed by atoms with Gasteiger partial charge in [-0.05, 0) is 61.0 Å². The maximum atomic E-state index is 12.6. The zero-order valence-electron chi connectivity index (χ0n) is 18.6. The van der Waals surface area contributed by atoms with E-state index in [-0.39, 0.29) is 11.3 Å². The molecule has 7 heteroatoms. The molecule has 7 nitrogen and oxygen atoms in total. The van der Waals surface area contributed by atoms with Crippen LogP contribution in [0.1, 0.15) is 37.9 Å². The summed E-state index contributed by atoms with van der Waals surface area (Å²) in [6.07, 6.45) is 1.57. The van der Waals surface area contributed by atoms with Crippen LogP contribution in [-0.4, -0.2) is 27.8 Å². The van der Waals surface area contributed by atoms with Gasteiger partial charge < -0.3 is 14.1 Å². The molecule has 0 saturated heterocycles. The highest BCUT2D eigenvalue weighted by molar-refractivity contribution is 6.08. The van der Waals surface area contributed by atoms with E-state index in [1.165, 1.54) is 0 Å². The lowest BCUT2D eigenvalue weighted by atomic mass is 10.1. The average Bonchev–Trinajstić information content (AvgIpc) is 3.40. The summed E-state index contributed by atoms with van der Waals surface area (Å²) in [7, 11) is 0. The van der Waals surface area contributed by atoms with Crippen molar-refractivity contribution in [2.24, 2.45) is 5.10 Å². The predicted molar refractivity (Wildman–Crippen MR) is 131 cm³/mol. The van der Waals surface area contributed by atoms with Crippen molar-refractivity contribution >= 4 is 39.8 Å². The molecule has 168 valence electrons. The molecule has 0 aliphatic heterocycles. The van der Waals surface area contributed by atoms with Crippen LogP contribution in [0.4, 0.5) is 0 Å². The highest BCUT2D eigenvalue weighted by Gasteiger charge is 2.14. The molecule has 0 unspecified atom stereocenters. The topological polar surface area (TPSA) is 96.8 Å². The molecule has 0 aliphatic carbocycles. The summed E-state index contributed by atoms with van der Waals surface area (Å²) in [5, 5.41) is 16.4. The zero-order valence-corrected chi connectivity index (χ0v) is 18.6. The number of fused-ring (bicyclic) bond motifs is 3. The highest BCUT2D eigenvalue weighted by atomic mass is 16.4. The van der Waals surface area contributed by atoms with E-state index in [4.69, 9.17) is 4.42 Å². The minimum atomic E-state index is -0.979. The van der Waals surface area contributed by atoms with Crippen LogP contribution in [0.25, 0.3) is 27.4 Å². The minimum absolute atomic E-state index is 0.180. The molecule has 0 spiro atoms. The SMILES string of the molecule is Cc1cc(/C=N\NC(=O)c2cc3c(ccc4ccccc43)o2)c(C)n1-c1cccc(C(=O)O)c1. The molecule has 3 aromatic carbocycles. The molecule has 5 aromatic rings. The maximum Gasteiger partial charge on any atom is 0.335 e. The summed E-state index contributed by atoms with van der Waals surface area (Å²) in [5.74, 6) is -1.24. The molecule has 0 bridgehead atoms. The van der Waals surface area contributed by atoms with Crippen molar-refractivity contribution in [3.8, 4) is 5.69 Å². The highest BCUT2D eigenvalue weighted by Crippen LogP contribution is 2.28. The summed E-state index contributed by atoms with van der Waals surface area (Å²) in [6.45, 7) is 3.84. The van der Waals surface area contributed by atoms with Gasteiger partial charge in [0.25, 0.3) is 0 Å². The molecule has 0 saturated carbocycles. The molecule has 5 rings (SSSR count). The van der Waals surface area contributed by atoms with Crippen LogP contribution in [0.15, 0.2) is 82.3 Å². The van der Waals surface area contributed by atoms with Crippen LogP contribution >= 0.6 is 0 Å². The third-order valence-corrected chi connectivity index (χ3v) is 5.84. The zero-order chi connectivity index (χ0) is 23.8. The first kappa shape index (κ1) is 21.2. The van der Waals surface area contributed by atoms with Gasteiger partial charge in [-0.25, -0.2) is 10.2 Å². The van der Waals surface area contributed by atoms with E-state index in [0.29, 0.717) is 5.58 Å². The molecule has 0 atom stereocenters. The van der Waals surface area contributed by atoms with E-state index in [1.54, 1.807) is 30.5 Å². The predicted octanol–water partition coefficient (Wildman–Crippen LogP) is 5.46. The number of furan rings is 1. The summed E-state index contributed by atoms with van der Waals surface area (Å²) in [5.41, 5.74) is 6.71. The van der Waals surface area contributed by atoms with Crippen molar-refractivity contribution in [3.05, 3.63) is 101 Å². The van der Waals surface area contributed by atoms with Gasteiger partial charge in [0.2, 0.25) is 0 Å². The third kappa shape index (κ3) is 3.73. The first-order valence-electron chi connectivity index (χ1n) is 10.7. The second kappa shape index (κ2) is 8.37. The van der Waals surface area contributed by atoms with Crippen molar-refractivity contribution in [2.75, 3.05) is 0 Å². The number of nitrogens with one attached hydrogen (secondary N) is 1. The summed E-state index contributed by atoms with van der Waals surface area (Å²) in [4.78, 5) is 24.0. The average molecular weight is 451 g/mol. The fraction of sp³-hybridized carbons (Fsp3) is 0.0741. The molecule has 0 radical (unpaired) electrons. The number of nitrogens with zero attached hydrogens (tertiary/aromatic N) is 2. The van der Waals surface area contributed by atoms with Gasteiger partial charge in [-0.2, -0.15) is 5.10 Å². The lowest BCUT2D eigenvalue weighted by molar-refractivity contribution is 0.0696. The number of aryl methyl sites for hydroxylation is 1. The Bertz CT molecular complexity index is 1610. The van der Waals surface area contributed by atoms with Crippen LogP contribution < -0.4 is 5.43 Å². The largest absolute Gasteiger partial charge is 0.478 e. The Labute approximate surface area is 194 Å². The normalized spacial score (nSPS) is 11.5. The quantitative estimate of drug-likeness (QED) is 0.274. The van der Waals surface area contributed by atoms with E-state index in [0.717, 1.165) is 38.8 Å². The Morgan fingerprint density at radius 2 is 1.79 bits per heavy atom. The number of carboxylic acid groups (broad SMARTS) is 1. The molecule has 0 fully saturated rings. The Balaban J connectivity index is 1.38. The number of aromatic carboxylic acids is 1. The molecule has 2 heterocycles. The molecule has 2 aromatic heterocycles. The summed E-state index contributed by atoms with van der Waals surface area (Å²) in [6, 6.07) is 22.1. The van der Waals surface area contributed by atoms with Crippen LogP contribution in [0.5, 0.6) is 0 Å². The fourth-order valence-electron chi connectivity index (χ4n) is 4.21. The molecule has 34 heavy (non-hydrogen) atoms. The monoisotopic (exact) mass is 451 g/mol. The second-order valence-corrected chi connectivity index (χ2v) is 8.03. The first-order valence-corrected chi connectivity index (χ1v) is 10.7. The van der Waals surface area contributed by atoms with E-state index < -0.39 is 11.9 Å². The number of hydrogen-bond acceptors (Lipinski definition) is 4. The van der Waals surface area contributed by atoms with Gasteiger partial charge in [0.05, 0.1) is 11.8 Å². The lowest BCUT2D eigenvalue weighted by Crippen LogP contribution is -2.16. The van der Waals surface area contributed by atoms with Crippen molar-refractivity contribution in [2.45, 2.75) is 13.8 Å². The van der Waals surface area contributed by atoms with Crippen molar-refractivity contribution in [3.63, 3.8) is 0 Å². The number of aromatic nitrogens is 1. The summed E-state index contributed by atoms with van der Waals surface area (Å²) >= 11 is 0. The van der Waals surface area contributed by atoms with Crippen molar-refractivity contribution < 1.29 is 19.1 Å². The van der Waals surface area contributed by atoms with Gasteiger partial charge in [0.15, 0.2) is 5.76 Å². The standard InChI is InChI=1S/C27H21N3O4/c1-16-12-20(17(2)30(16)21-8-5-7-19(13-21)27(32)33)15-28-29-26(31)25-14-23-22-9-4-3-6-18(22)10-11-24(23)34-25/h3-15H,1-2H3,(H,29,31)(H,32,33)/b28-15-. The Morgan fingerprint density at radius 1 is 0.971 bits per heavy atom. The molecule has 0 aliphatic rings. The van der Waals surface area contributed by atoms with Gasteiger partial charge in [0, 0.05) is 28.0 Å². The second-order valence-electron chi connectivity index (χ2n) is 8.03. The number of hydrazone groups is 1. The van der Waals surface area contributed by atoms with E-state index in [2.05, 4.69) is 10.5 Å². The van der Waals surface area contributed by atoms with Gasteiger partial charge in [-0.1, -0.05) is 36.4 Å². The Kier molecular flexibility index (Phi) is 5.22. The molecule has 2 N–H and O–H groups in total. The van der Waals surface area contributed by atoms with E-state index >= 15 is 0 Å². The number of carboxylic acids is 1.